The lowest BCUT2D eigenvalue weighted by atomic mass is 9.99. The predicted octanol–water partition coefficient (Wildman–Crippen LogP) is 1.16. The highest BCUT2D eigenvalue weighted by Gasteiger charge is 2.43. The van der Waals surface area contributed by atoms with Gasteiger partial charge in [0.1, 0.15) is 30.7 Å². The van der Waals surface area contributed by atoms with Gasteiger partial charge >= 0.3 is 5.97 Å². The van der Waals surface area contributed by atoms with Gasteiger partial charge in [-0.2, -0.15) is 0 Å². The van der Waals surface area contributed by atoms with Crippen LogP contribution in [0.1, 0.15) is 12.5 Å². The number of para-hydroxylation sites is 1. The van der Waals surface area contributed by atoms with Crippen molar-refractivity contribution in [2.45, 2.75) is 44.2 Å². The van der Waals surface area contributed by atoms with E-state index in [1.165, 1.54) is 0 Å². The lowest BCUT2D eigenvalue weighted by Gasteiger charge is -2.39. The SMILES string of the molecule is C[C@@H]1O[C@@H](Oc2ccccc2-c2cccc(COCC(=O)O)c2)[C@@H](O)[C@H](O)[C@@H]1O. The number of carboxylic acid groups (broad SMARTS) is 1. The monoisotopic (exact) mass is 404 g/mol. The van der Waals surface area contributed by atoms with Gasteiger partial charge < -0.3 is 34.6 Å². The minimum absolute atomic E-state index is 0.148. The number of aliphatic hydroxyl groups excluding tert-OH is 3. The van der Waals surface area contributed by atoms with Crippen LogP contribution in [0.25, 0.3) is 11.1 Å². The molecule has 1 aliphatic heterocycles. The van der Waals surface area contributed by atoms with Crippen molar-refractivity contribution >= 4 is 5.97 Å². The molecule has 0 unspecified atom stereocenters. The number of hydrogen-bond acceptors (Lipinski definition) is 7. The van der Waals surface area contributed by atoms with Crippen LogP contribution in [0.3, 0.4) is 0 Å². The van der Waals surface area contributed by atoms with Gasteiger partial charge in [0.15, 0.2) is 0 Å². The molecule has 2 aromatic carbocycles. The summed E-state index contributed by atoms with van der Waals surface area (Å²) in [4.78, 5) is 10.6. The number of benzene rings is 2. The maximum Gasteiger partial charge on any atom is 0.329 e. The molecule has 8 nitrogen and oxygen atoms in total. The van der Waals surface area contributed by atoms with E-state index in [1.807, 2.05) is 36.4 Å². The molecule has 8 heteroatoms. The summed E-state index contributed by atoms with van der Waals surface area (Å²) in [5.41, 5.74) is 2.31. The van der Waals surface area contributed by atoms with Crippen LogP contribution in [0.2, 0.25) is 0 Å². The number of carbonyl (C=O) groups is 1. The summed E-state index contributed by atoms with van der Waals surface area (Å²) in [5.74, 6) is -0.608. The Balaban J connectivity index is 1.80. The molecule has 0 saturated carbocycles. The van der Waals surface area contributed by atoms with Gasteiger partial charge in [-0.1, -0.05) is 36.4 Å². The Kier molecular flexibility index (Phi) is 6.83. The first-order valence-corrected chi connectivity index (χ1v) is 9.21. The Labute approximate surface area is 167 Å². The van der Waals surface area contributed by atoms with Crippen LogP contribution in [0.15, 0.2) is 48.5 Å². The standard InChI is InChI=1S/C21H24O8/c1-12-18(24)19(25)20(26)21(28-12)29-16-8-3-2-7-15(16)14-6-4-5-13(9-14)10-27-11-17(22)23/h2-9,12,18-21,24-26H,10-11H2,1H3,(H,22,23)/t12-,18+,19+,20-,21-/m0/s1. The Morgan fingerprint density at radius 2 is 1.79 bits per heavy atom. The number of ether oxygens (including phenoxy) is 3. The maximum atomic E-state index is 10.6. The number of aliphatic hydroxyl groups is 3. The first-order chi connectivity index (χ1) is 13.9. The van der Waals surface area contributed by atoms with Crippen molar-refractivity contribution in [3.63, 3.8) is 0 Å². The molecule has 0 amide bonds. The molecule has 0 bridgehead atoms. The van der Waals surface area contributed by atoms with Gasteiger partial charge in [0.25, 0.3) is 0 Å². The smallest absolute Gasteiger partial charge is 0.329 e. The summed E-state index contributed by atoms with van der Waals surface area (Å²) in [6.07, 6.45) is -5.86. The second kappa shape index (κ2) is 9.34. The van der Waals surface area contributed by atoms with Crippen molar-refractivity contribution in [1.29, 1.82) is 0 Å². The highest BCUT2D eigenvalue weighted by molar-refractivity contribution is 5.71. The van der Waals surface area contributed by atoms with Gasteiger partial charge in [0, 0.05) is 5.56 Å². The molecule has 0 aliphatic carbocycles. The van der Waals surface area contributed by atoms with Gasteiger partial charge in [-0.3, -0.25) is 0 Å². The number of aliphatic carboxylic acids is 1. The second-order valence-corrected chi connectivity index (χ2v) is 6.88. The van der Waals surface area contributed by atoms with Crippen LogP contribution < -0.4 is 4.74 Å². The zero-order chi connectivity index (χ0) is 21.0. The molecular weight excluding hydrogens is 380 g/mol. The molecule has 5 atom stereocenters. The van der Waals surface area contributed by atoms with E-state index in [4.69, 9.17) is 19.3 Å². The fourth-order valence-corrected chi connectivity index (χ4v) is 3.13. The first-order valence-electron chi connectivity index (χ1n) is 9.21. The van der Waals surface area contributed by atoms with Crippen molar-refractivity contribution in [3.05, 3.63) is 54.1 Å². The third-order valence-corrected chi connectivity index (χ3v) is 4.67. The summed E-state index contributed by atoms with van der Waals surface area (Å²) in [5, 5.41) is 38.7. The Morgan fingerprint density at radius 1 is 1.03 bits per heavy atom. The summed E-state index contributed by atoms with van der Waals surface area (Å²) in [7, 11) is 0. The van der Waals surface area contributed by atoms with Crippen molar-refractivity contribution in [1.82, 2.24) is 0 Å². The van der Waals surface area contributed by atoms with Crippen molar-refractivity contribution in [2.24, 2.45) is 0 Å². The predicted molar refractivity (Wildman–Crippen MR) is 102 cm³/mol. The van der Waals surface area contributed by atoms with E-state index in [0.717, 1.165) is 16.7 Å². The maximum absolute atomic E-state index is 10.6. The van der Waals surface area contributed by atoms with Crippen LogP contribution in [0.4, 0.5) is 0 Å². The summed E-state index contributed by atoms with van der Waals surface area (Å²) in [6, 6.07) is 14.5. The quantitative estimate of drug-likeness (QED) is 0.542. The first kappa shape index (κ1) is 21.2. The molecule has 3 rings (SSSR count). The molecule has 1 aliphatic rings. The zero-order valence-corrected chi connectivity index (χ0v) is 15.8. The molecular formula is C21H24O8. The third-order valence-electron chi connectivity index (χ3n) is 4.67. The van der Waals surface area contributed by atoms with Crippen molar-refractivity contribution in [2.75, 3.05) is 6.61 Å². The normalized spacial score (nSPS) is 26.8. The third kappa shape index (κ3) is 5.11. The Hall–Kier alpha value is -2.49. The average molecular weight is 404 g/mol. The molecule has 1 fully saturated rings. The van der Waals surface area contributed by atoms with Crippen LogP contribution in [0, 0.1) is 0 Å². The summed E-state index contributed by atoms with van der Waals surface area (Å²) in [6.45, 7) is 1.35. The van der Waals surface area contributed by atoms with Crippen molar-refractivity contribution < 1.29 is 39.4 Å². The molecule has 0 spiro atoms. The topological polar surface area (TPSA) is 126 Å². The molecule has 4 N–H and O–H groups in total. The Morgan fingerprint density at radius 3 is 2.55 bits per heavy atom. The van der Waals surface area contributed by atoms with E-state index in [0.29, 0.717) is 5.75 Å². The highest BCUT2D eigenvalue weighted by atomic mass is 16.7. The zero-order valence-electron chi connectivity index (χ0n) is 15.8. The molecule has 0 aromatic heterocycles. The van der Waals surface area contributed by atoms with E-state index in [1.54, 1.807) is 19.1 Å². The highest BCUT2D eigenvalue weighted by Crippen LogP contribution is 2.33. The van der Waals surface area contributed by atoms with Gasteiger partial charge in [0.2, 0.25) is 6.29 Å². The van der Waals surface area contributed by atoms with E-state index >= 15 is 0 Å². The van der Waals surface area contributed by atoms with Crippen LogP contribution in [-0.4, -0.2) is 63.7 Å². The van der Waals surface area contributed by atoms with Crippen LogP contribution >= 0.6 is 0 Å². The van der Waals surface area contributed by atoms with Crippen LogP contribution in [0.5, 0.6) is 5.75 Å². The lowest BCUT2D eigenvalue weighted by molar-refractivity contribution is -0.268. The fraction of sp³-hybridized carbons (Fsp3) is 0.381. The largest absolute Gasteiger partial charge is 0.480 e. The van der Waals surface area contributed by atoms with E-state index in [2.05, 4.69) is 0 Å². The minimum atomic E-state index is -1.41. The second-order valence-electron chi connectivity index (χ2n) is 6.88. The molecule has 1 heterocycles. The molecule has 2 aromatic rings. The van der Waals surface area contributed by atoms with E-state index in [9.17, 15) is 20.1 Å². The van der Waals surface area contributed by atoms with Gasteiger partial charge in [0.05, 0.1) is 12.7 Å². The molecule has 0 radical (unpaired) electrons. The Bertz CT molecular complexity index is 839. The van der Waals surface area contributed by atoms with Crippen molar-refractivity contribution in [3.8, 4) is 16.9 Å². The number of hydrogen-bond donors (Lipinski definition) is 4. The van der Waals surface area contributed by atoms with E-state index in [-0.39, 0.29) is 13.2 Å². The summed E-state index contributed by atoms with van der Waals surface area (Å²) >= 11 is 0. The average Bonchev–Trinajstić information content (AvgIpc) is 2.71. The van der Waals surface area contributed by atoms with Gasteiger partial charge in [-0.25, -0.2) is 4.79 Å². The molecule has 29 heavy (non-hydrogen) atoms. The molecule has 156 valence electrons. The fourth-order valence-electron chi connectivity index (χ4n) is 3.13. The lowest BCUT2D eigenvalue weighted by Crippen LogP contribution is -2.58. The number of rotatable bonds is 7. The minimum Gasteiger partial charge on any atom is -0.480 e. The number of carboxylic acids is 1. The van der Waals surface area contributed by atoms with Gasteiger partial charge in [-0.05, 0) is 30.2 Å². The summed E-state index contributed by atoms with van der Waals surface area (Å²) < 4.78 is 16.5. The molecule has 1 saturated heterocycles. The van der Waals surface area contributed by atoms with E-state index < -0.39 is 36.7 Å². The van der Waals surface area contributed by atoms with Crippen LogP contribution in [-0.2, 0) is 20.9 Å². The van der Waals surface area contributed by atoms with Gasteiger partial charge in [-0.15, -0.1) is 0 Å².